The molecule has 0 saturated heterocycles. The molecule has 0 radical (unpaired) electrons. The van der Waals surface area contributed by atoms with Gasteiger partial charge in [-0.15, -0.1) is 11.3 Å². The summed E-state index contributed by atoms with van der Waals surface area (Å²) in [5, 5.41) is 8.61. The van der Waals surface area contributed by atoms with Crippen molar-refractivity contribution in [3.63, 3.8) is 0 Å². The second-order valence-electron chi connectivity index (χ2n) is 5.46. The van der Waals surface area contributed by atoms with Crippen LogP contribution in [0.15, 0.2) is 45.2 Å². The Labute approximate surface area is 163 Å². The molecule has 6 nitrogen and oxygen atoms in total. The first kappa shape index (κ1) is 20.4. The van der Waals surface area contributed by atoms with Crippen molar-refractivity contribution in [1.29, 1.82) is 0 Å². The third kappa shape index (κ3) is 7.13. The van der Waals surface area contributed by atoms with E-state index in [-0.39, 0.29) is 6.10 Å². The molecule has 0 spiro atoms. The minimum Gasteiger partial charge on any atom is -0.493 e. The predicted octanol–water partition coefficient (Wildman–Crippen LogP) is 3.27. The maximum absolute atomic E-state index is 5.94. The Morgan fingerprint density at radius 3 is 2.81 bits per heavy atom. The van der Waals surface area contributed by atoms with Gasteiger partial charge in [0, 0.05) is 30.9 Å². The van der Waals surface area contributed by atoms with Crippen molar-refractivity contribution in [2.75, 3.05) is 33.0 Å². The van der Waals surface area contributed by atoms with E-state index >= 15 is 0 Å². The van der Waals surface area contributed by atoms with Gasteiger partial charge in [-0.3, -0.25) is 4.99 Å². The predicted molar refractivity (Wildman–Crippen MR) is 110 cm³/mol. The van der Waals surface area contributed by atoms with E-state index in [1.54, 1.807) is 37.3 Å². The number of guanidine groups is 1. The summed E-state index contributed by atoms with van der Waals surface area (Å²) < 4.78 is 12.4. The molecule has 142 valence electrons. The molecule has 0 fully saturated rings. The number of para-hydroxylation sites is 2. The molecule has 0 amide bonds. The molecule has 1 atom stereocenters. The smallest absolute Gasteiger partial charge is 0.191 e. The van der Waals surface area contributed by atoms with Crippen LogP contribution >= 0.6 is 23.1 Å². The van der Waals surface area contributed by atoms with Gasteiger partial charge in [-0.2, -0.15) is 0 Å². The summed E-state index contributed by atoms with van der Waals surface area (Å²) in [5.41, 5.74) is 0. The highest BCUT2D eigenvalue weighted by molar-refractivity contribution is 8.00. The van der Waals surface area contributed by atoms with Crippen LogP contribution in [0.4, 0.5) is 0 Å². The number of thiazole rings is 1. The first-order chi connectivity index (χ1) is 12.7. The summed E-state index contributed by atoms with van der Waals surface area (Å²) in [6, 6.07) is 7.65. The van der Waals surface area contributed by atoms with Crippen LogP contribution in [0.3, 0.4) is 0 Å². The zero-order valence-corrected chi connectivity index (χ0v) is 17.0. The lowest BCUT2D eigenvalue weighted by atomic mass is 10.3. The highest BCUT2D eigenvalue weighted by Gasteiger charge is 2.09. The van der Waals surface area contributed by atoms with Gasteiger partial charge in [0.2, 0.25) is 0 Å². The number of hydrogen-bond acceptors (Lipinski definition) is 6. The van der Waals surface area contributed by atoms with E-state index < -0.39 is 0 Å². The van der Waals surface area contributed by atoms with Crippen LogP contribution in [-0.4, -0.2) is 50.0 Å². The molecule has 1 aromatic heterocycles. The molecular weight excluding hydrogens is 368 g/mol. The lowest BCUT2D eigenvalue weighted by Crippen LogP contribution is -2.42. The lowest BCUT2D eigenvalue weighted by Gasteiger charge is -2.19. The second kappa shape index (κ2) is 11.6. The third-order valence-electron chi connectivity index (χ3n) is 3.43. The fraction of sp³-hybridized carbons (Fsp3) is 0.444. The van der Waals surface area contributed by atoms with Crippen molar-refractivity contribution >= 4 is 29.1 Å². The van der Waals surface area contributed by atoms with Crippen molar-refractivity contribution in [3.8, 4) is 11.5 Å². The number of rotatable bonds is 10. The van der Waals surface area contributed by atoms with Gasteiger partial charge in [0.05, 0.1) is 13.7 Å². The Balaban J connectivity index is 1.64. The van der Waals surface area contributed by atoms with E-state index in [2.05, 4.69) is 20.6 Å². The zero-order valence-electron chi connectivity index (χ0n) is 15.4. The van der Waals surface area contributed by atoms with Gasteiger partial charge in [0.1, 0.15) is 10.4 Å². The first-order valence-corrected chi connectivity index (χ1v) is 10.4. The molecule has 0 aliphatic rings. The highest BCUT2D eigenvalue weighted by atomic mass is 32.2. The summed E-state index contributed by atoms with van der Waals surface area (Å²) in [6.45, 7) is 3.52. The highest BCUT2D eigenvalue weighted by Crippen LogP contribution is 2.26. The molecule has 1 aromatic carbocycles. The maximum Gasteiger partial charge on any atom is 0.191 e. The second-order valence-corrected chi connectivity index (χ2v) is 7.70. The van der Waals surface area contributed by atoms with Gasteiger partial charge >= 0.3 is 0 Å². The van der Waals surface area contributed by atoms with Crippen LogP contribution in [0.25, 0.3) is 0 Å². The minimum atomic E-state index is -0.0229. The fourth-order valence-corrected chi connectivity index (χ4v) is 3.80. The molecule has 0 aliphatic heterocycles. The van der Waals surface area contributed by atoms with Crippen LogP contribution in [0.1, 0.15) is 13.3 Å². The Kier molecular flexibility index (Phi) is 9.13. The number of ether oxygens (including phenoxy) is 2. The van der Waals surface area contributed by atoms with Gasteiger partial charge in [-0.25, -0.2) is 4.98 Å². The van der Waals surface area contributed by atoms with E-state index in [0.717, 1.165) is 40.5 Å². The van der Waals surface area contributed by atoms with Gasteiger partial charge in [-0.05, 0) is 25.5 Å². The van der Waals surface area contributed by atoms with E-state index in [1.165, 1.54) is 0 Å². The number of nitrogens with zero attached hydrogens (tertiary/aromatic N) is 2. The SMILES string of the molecule is CN=C(NCCCSc1nccs1)NCC(C)Oc1ccccc1OC. The average molecular weight is 395 g/mol. The summed E-state index contributed by atoms with van der Waals surface area (Å²) >= 11 is 3.46. The van der Waals surface area contributed by atoms with Crippen molar-refractivity contribution < 1.29 is 9.47 Å². The van der Waals surface area contributed by atoms with Crippen molar-refractivity contribution in [1.82, 2.24) is 15.6 Å². The van der Waals surface area contributed by atoms with Crippen LogP contribution in [0, 0.1) is 0 Å². The summed E-state index contributed by atoms with van der Waals surface area (Å²) in [6.07, 6.45) is 2.86. The number of aliphatic imine (C=N–C) groups is 1. The normalized spacial score (nSPS) is 12.5. The van der Waals surface area contributed by atoms with E-state index in [9.17, 15) is 0 Å². The molecule has 2 aromatic rings. The number of hydrogen-bond donors (Lipinski definition) is 2. The van der Waals surface area contributed by atoms with Crippen LogP contribution in [0.5, 0.6) is 11.5 Å². The number of methoxy groups -OCH3 is 1. The topological polar surface area (TPSA) is 67.8 Å². The average Bonchev–Trinajstić information content (AvgIpc) is 3.18. The van der Waals surface area contributed by atoms with E-state index in [1.807, 2.05) is 42.8 Å². The summed E-state index contributed by atoms with van der Waals surface area (Å²) in [4.78, 5) is 8.51. The molecule has 1 heterocycles. The number of benzene rings is 1. The van der Waals surface area contributed by atoms with Gasteiger partial charge in [-0.1, -0.05) is 23.9 Å². The number of nitrogens with one attached hydrogen (secondary N) is 2. The standard InChI is InChI=1S/C18H26N4O2S2/c1-14(24-16-8-5-4-7-15(16)23-3)13-22-17(19-2)20-9-6-11-25-18-21-10-12-26-18/h4-5,7-8,10,12,14H,6,9,11,13H2,1-3H3,(H2,19,20,22). The van der Waals surface area contributed by atoms with Gasteiger partial charge < -0.3 is 20.1 Å². The molecule has 0 bridgehead atoms. The van der Waals surface area contributed by atoms with Crippen LogP contribution < -0.4 is 20.1 Å². The van der Waals surface area contributed by atoms with Crippen molar-refractivity contribution in [3.05, 3.63) is 35.8 Å². The number of thioether (sulfide) groups is 1. The van der Waals surface area contributed by atoms with Gasteiger partial charge in [0.15, 0.2) is 17.5 Å². The van der Waals surface area contributed by atoms with Crippen LogP contribution in [-0.2, 0) is 0 Å². The molecule has 0 aliphatic carbocycles. The van der Waals surface area contributed by atoms with Crippen molar-refractivity contribution in [2.24, 2.45) is 4.99 Å². The largest absolute Gasteiger partial charge is 0.493 e. The Hall–Kier alpha value is -1.93. The number of aromatic nitrogens is 1. The zero-order chi connectivity index (χ0) is 18.6. The maximum atomic E-state index is 5.94. The monoisotopic (exact) mass is 394 g/mol. The molecule has 0 saturated carbocycles. The lowest BCUT2D eigenvalue weighted by molar-refractivity contribution is 0.213. The van der Waals surface area contributed by atoms with E-state index in [4.69, 9.17) is 9.47 Å². The van der Waals surface area contributed by atoms with Crippen LogP contribution in [0.2, 0.25) is 0 Å². The van der Waals surface area contributed by atoms with Gasteiger partial charge in [0.25, 0.3) is 0 Å². The Morgan fingerprint density at radius 1 is 1.31 bits per heavy atom. The molecule has 2 rings (SSSR count). The van der Waals surface area contributed by atoms with Crippen molar-refractivity contribution in [2.45, 2.75) is 23.8 Å². The Morgan fingerprint density at radius 2 is 2.12 bits per heavy atom. The quantitative estimate of drug-likeness (QED) is 0.279. The minimum absolute atomic E-state index is 0.0229. The molecular formula is C18H26N4O2S2. The summed E-state index contributed by atoms with van der Waals surface area (Å²) in [7, 11) is 3.41. The molecule has 26 heavy (non-hydrogen) atoms. The first-order valence-electron chi connectivity index (χ1n) is 8.49. The third-order valence-corrected chi connectivity index (χ3v) is 5.48. The fourth-order valence-electron chi connectivity index (χ4n) is 2.16. The molecule has 1 unspecified atom stereocenters. The Bertz CT molecular complexity index is 665. The molecule has 8 heteroatoms. The van der Waals surface area contributed by atoms with E-state index in [0.29, 0.717) is 6.54 Å². The molecule has 2 N–H and O–H groups in total. The summed E-state index contributed by atoms with van der Waals surface area (Å²) in [5.74, 6) is 3.29.